The molecule has 0 fully saturated rings. The van der Waals surface area contributed by atoms with Crippen LogP contribution in [0.2, 0.25) is 5.15 Å². The zero-order chi connectivity index (χ0) is 12.5. The van der Waals surface area contributed by atoms with E-state index in [0.717, 1.165) is 11.1 Å². The van der Waals surface area contributed by atoms with Crippen molar-refractivity contribution in [1.29, 1.82) is 5.26 Å². The number of aromatic nitrogens is 3. The standard InChI is InChI=1S/C13H7ClN4/c14-13-11-8-16-9(7-15)6-12(11)17-18(13)10-4-2-1-3-5-10/h1-6,8H. The summed E-state index contributed by atoms with van der Waals surface area (Å²) >= 11 is 6.26. The third-order valence-corrected chi connectivity index (χ3v) is 2.98. The lowest BCUT2D eigenvalue weighted by atomic mass is 10.3. The molecular weight excluding hydrogens is 248 g/mol. The fourth-order valence-electron chi connectivity index (χ4n) is 1.75. The molecule has 0 amide bonds. The van der Waals surface area contributed by atoms with Crippen molar-refractivity contribution in [2.75, 3.05) is 0 Å². The second kappa shape index (κ2) is 4.13. The minimum absolute atomic E-state index is 0.330. The summed E-state index contributed by atoms with van der Waals surface area (Å²) in [5, 5.41) is 14.4. The Bertz CT molecular complexity index is 756. The van der Waals surface area contributed by atoms with Gasteiger partial charge in [-0.05, 0) is 12.1 Å². The van der Waals surface area contributed by atoms with Gasteiger partial charge in [0, 0.05) is 12.3 Å². The van der Waals surface area contributed by atoms with Crippen molar-refractivity contribution in [1.82, 2.24) is 14.8 Å². The lowest BCUT2D eigenvalue weighted by molar-refractivity contribution is 0.897. The molecule has 2 aromatic heterocycles. The van der Waals surface area contributed by atoms with Gasteiger partial charge in [-0.25, -0.2) is 9.67 Å². The molecular formula is C13H7ClN4. The van der Waals surface area contributed by atoms with Gasteiger partial charge in [0.05, 0.1) is 16.6 Å². The summed E-state index contributed by atoms with van der Waals surface area (Å²) in [6.07, 6.45) is 1.57. The summed E-state index contributed by atoms with van der Waals surface area (Å²) < 4.78 is 1.63. The average Bonchev–Trinajstić information content (AvgIpc) is 2.76. The molecule has 3 rings (SSSR count). The quantitative estimate of drug-likeness (QED) is 0.671. The van der Waals surface area contributed by atoms with Crippen LogP contribution in [-0.2, 0) is 0 Å². The normalized spacial score (nSPS) is 10.4. The van der Waals surface area contributed by atoms with E-state index in [9.17, 15) is 0 Å². The molecule has 0 aliphatic rings. The van der Waals surface area contributed by atoms with Crippen LogP contribution in [0, 0.1) is 11.3 Å². The van der Waals surface area contributed by atoms with Crippen molar-refractivity contribution >= 4 is 22.5 Å². The van der Waals surface area contributed by atoms with Crippen molar-refractivity contribution in [2.24, 2.45) is 0 Å². The number of para-hydroxylation sites is 1. The van der Waals surface area contributed by atoms with Crippen LogP contribution >= 0.6 is 11.6 Å². The van der Waals surface area contributed by atoms with Gasteiger partial charge >= 0.3 is 0 Å². The molecule has 0 unspecified atom stereocenters. The van der Waals surface area contributed by atoms with Gasteiger partial charge < -0.3 is 0 Å². The van der Waals surface area contributed by atoms with Crippen LogP contribution in [0.25, 0.3) is 16.6 Å². The molecule has 0 spiro atoms. The molecule has 0 N–H and O–H groups in total. The fourth-order valence-corrected chi connectivity index (χ4v) is 2.03. The molecule has 3 aromatic rings. The Morgan fingerprint density at radius 1 is 1.22 bits per heavy atom. The zero-order valence-electron chi connectivity index (χ0n) is 9.21. The summed E-state index contributed by atoms with van der Waals surface area (Å²) in [6.45, 7) is 0. The van der Waals surface area contributed by atoms with Crippen LogP contribution in [0.4, 0.5) is 0 Å². The summed E-state index contributed by atoms with van der Waals surface area (Å²) in [4.78, 5) is 3.99. The van der Waals surface area contributed by atoms with Crippen molar-refractivity contribution in [2.45, 2.75) is 0 Å². The number of pyridine rings is 1. The molecule has 0 radical (unpaired) electrons. The maximum Gasteiger partial charge on any atom is 0.142 e. The Morgan fingerprint density at radius 3 is 2.72 bits per heavy atom. The first-order valence-electron chi connectivity index (χ1n) is 5.29. The number of nitriles is 1. The van der Waals surface area contributed by atoms with Gasteiger partial charge in [0.2, 0.25) is 0 Å². The van der Waals surface area contributed by atoms with E-state index in [1.54, 1.807) is 16.9 Å². The largest absolute Gasteiger partial charge is 0.245 e. The van der Waals surface area contributed by atoms with Gasteiger partial charge in [-0.15, -0.1) is 0 Å². The second-order valence-electron chi connectivity index (χ2n) is 3.74. The predicted molar refractivity (Wildman–Crippen MR) is 68.6 cm³/mol. The Labute approximate surface area is 108 Å². The van der Waals surface area contributed by atoms with Crippen LogP contribution < -0.4 is 0 Å². The first-order chi connectivity index (χ1) is 8.79. The number of hydrogen-bond acceptors (Lipinski definition) is 3. The number of benzene rings is 1. The number of fused-ring (bicyclic) bond motifs is 1. The van der Waals surface area contributed by atoms with E-state index in [0.29, 0.717) is 16.4 Å². The Balaban J connectivity index is 2.27. The fraction of sp³-hybridized carbons (Fsp3) is 0. The predicted octanol–water partition coefficient (Wildman–Crippen LogP) is 2.95. The third kappa shape index (κ3) is 1.62. The van der Waals surface area contributed by atoms with Crippen LogP contribution in [-0.4, -0.2) is 14.8 Å². The van der Waals surface area contributed by atoms with Crippen LogP contribution in [0.15, 0.2) is 42.6 Å². The summed E-state index contributed by atoms with van der Waals surface area (Å²) in [5.74, 6) is 0. The lowest BCUT2D eigenvalue weighted by Gasteiger charge is -2.01. The molecule has 18 heavy (non-hydrogen) atoms. The van der Waals surface area contributed by atoms with Gasteiger partial charge in [0.1, 0.15) is 16.9 Å². The summed E-state index contributed by atoms with van der Waals surface area (Å²) in [7, 11) is 0. The summed E-state index contributed by atoms with van der Waals surface area (Å²) in [5.41, 5.74) is 1.87. The maximum atomic E-state index is 8.81. The highest BCUT2D eigenvalue weighted by Gasteiger charge is 2.11. The topological polar surface area (TPSA) is 54.5 Å². The molecule has 0 aliphatic heterocycles. The number of rotatable bonds is 1. The van der Waals surface area contributed by atoms with E-state index in [1.165, 1.54) is 0 Å². The average molecular weight is 255 g/mol. The second-order valence-corrected chi connectivity index (χ2v) is 4.09. The minimum atomic E-state index is 0.330. The van der Waals surface area contributed by atoms with Gasteiger partial charge in [0.25, 0.3) is 0 Å². The van der Waals surface area contributed by atoms with Gasteiger partial charge in [-0.1, -0.05) is 29.8 Å². The van der Waals surface area contributed by atoms with Crippen molar-refractivity contribution in [3.63, 3.8) is 0 Å². The monoisotopic (exact) mass is 254 g/mol. The van der Waals surface area contributed by atoms with E-state index in [-0.39, 0.29) is 0 Å². The van der Waals surface area contributed by atoms with Crippen LogP contribution in [0.1, 0.15) is 5.69 Å². The van der Waals surface area contributed by atoms with E-state index in [1.807, 2.05) is 36.4 Å². The Hall–Kier alpha value is -2.38. The molecule has 0 saturated carbocycles. The molecule has 0 bridgehead atoms. The molecule has 1 aromatic carbocycles. The molecule has 5 heteroatoms. The zero-order valence-corrected chi connectivity index (χ0v) is 9.96. The Kier molecular flexibility index (Phi) is 2.47. The van der Waals surface area contributed by atoms with Gasteiger partial charge in [0.15, 0.2) is 0 Å². The Morgan fingerprint density at radius 2 is 2.00 bits per heavy atom. The molecule has 86 valence electrons. The van der Waals surface area contributed by atoms with E-state index < -0.39 is 0 Å². The van der Waals surface area contributed by atoms with Gasteiger partial charge in [-0.2, -0.15) is 10.4 Å². The minimum Gasteiger partial charge on any atom is -0.245 e. The third-order valence-electron chi connectivity index (χ3n) is 2.61. The molecule has 4 nitrogen and oxygen atoms in total. The number of hydrogen-bond donors (Lipinski definition) is 0. The van der Waals surface area contributed by atoms with E-state index in [2.05, 4.69) is 10.1 Å². The van der Waals surface area contributed by atoms with E-state index in [4.69, 9.17) is 16.9 Å². The van der Waals surface area contributed by atoms with Crippen molar-refractivity contribution in [3.8, 4) is 11.8 Å². The summed E-state index contributed by atoms with van der Waals surface area (Å²) in [6, 6.07) is 13.2. The molecule has 0 aliphatic carbocycles. The SMILES string of the molecule is N#Cc1cc2nn(-c3ccccc3)c(Cl)c2cn1. The number of halogens is 1. The van der Waals surface area contributed by atoms with Gasteiger partial charge in [-0.3, -0.25) is 0 Å². The van der Waals surface area contributed by atoms with Crippen LogP contribution in [0.3, 0.4) is 0 Å². The lowest BCUT2D eigenvalue weighted by Crippen LogP contribution is -1.95. The first kappa shape index (κ1) is 10.8. The van der Waals surface area contributed by atoms with E-state index >= 15 is 0 Å². The highest BCUT2D eigenvalue weighted by molar-refractivity contribution is 6.34. The highest BCUT2D eigenvalue weighted by atomic mass is 35.5. The molecule has 0 saturated heterocycles. The maximum absolute atomic E-state index is 8.81. The van der Waals surface area contributed by atoms with Crippen molar-refractivity contribution in [3.05, 3.63) is 53.4 Å². The molecule has 2 heterocycles. The smallest absolute Gasteiger partial charge is 0.142 e. The molecule has 0 atom stereocenters. The van der Waals surface area contributed by atoms with Crippen LogP contribution in [0.5, 0.6) is 0 Å². The van der Waals surface area contributed by atoms with Crippen molar-refractivity contribution < 1.29 is 0 Å². The number of nitrogens with zero attached hydrogens (tertiary/aromatic N) is 4. The first-order valence-corrected chi connectivity index (χ1v) is 5.67. The highest BCUT2D eigenvalue weighted by Crippen LogP contribution is 2.25.